The smallest absolute Gasteiger partial charge is 0.338 e. The van der Waals surface area contributed by atoms with Crippen molar-refractivity contribution in [2.45, 2.75) is 25.4 Å². The van der Waals surface area contributed by atoms with Crippen LogP contribution >= 0.6 is 0 Å². The standard InChI is InChI=1S/C12H22ClNO8/c1-5-21-7-6-10(15)12(8-11(16)17,9-14(2,3)4)22-13(18,19)20/h5-9H2,1-4H3/p+1. The number of nitrogens with zero attached hydrogens (tertiary/aromatic N) is 1. The maximum Gasteiger partial charge on any atom is 0.338 e. The predicted octanol–water partition coefficient (Wildman–Crippen LogP) is -3.18. The van der Waals surface area contributed by atoms with E-state index in [-0.39, 0.29) is 24.1 Å². The molecule has 0 saturated carbocycles. The first-order valence-corrected chi connectivity index (χ1v) is 7.79. The number of ether oxygens (including phenoxy) is 1. The van der Waals surface area contributed by atoms with Crippen LogP contribution in [0.15, 0.2) is 0 Å². The zero-order chi connectivity index (χ0) is 17.6. The Hall–Kier alpha value is -0.810. The van der Waals surface area contributed by atoms with E-state index < -0.39 is 34.0 Å². The molecule has 0 rings (SSSR count). The van der Waals surface area contributed by atoms with Gasteiger partial charge in [-0.25, -0.2) is 0 Å². The van der Waals surface area contributed by atoms with Crippen molar-refractivity contribution in [3.63, 3.8) is 0 Å². The number of carbonyl (C=O) groups is 2. The summed E-state index contributed by atoms with van der Waals surface area (Å²) in [5.74, 6) is -2.25. The summed E-state index contributed by atoms with van der Waals surface area (Å²) in [7, 11) is -0.118. The molecule has 0 radical (unpaired) electrons. The Morgan fingerprint density at radius 3 is 2.14 bits per heavy atom. The first kappa shape index (κ1) is 21.2. The van der Waals surface area contributed by atoms with Crippen LogP contribution < -0.4 is 14.0 Å². The van der Waals surface area contributed by atoms with Gasteiger partial charge in [-0.05, 0) is 6.92 Å². The second-order valence-electron chi connectivity index (χ2n) is 5.84. The molecule has 1 atom stereocenters. The Bertz CT molecular complexity index is 372. The molecule has 0 amide bonds. The van der Waals surface area contributed by atoms with Crippen molar-refractivity contribution in [1.29, 1.82) is 0 Å². The molecule has 0 aliphatic heterocycles. The van der Waals surface area contributed by atoms with E-state index in [2.05, 4.69) is 4.29 Å². The van der Waals surface area contributed by atoms with E-state index >= 15 is 0 Å². The first-order valence-electron chi connectivity index (χ1n) is 6.56. The van der Waals surface area contributed by atoms with Gasteiger partial charge in [0.05, 0.1) is 42.3 Å². The highest BCUT2D eigenvalue weighted by Crippen LogP contribution is 2.25. The average molecular weight is 345 g/mol. The molecule has 0 aromatic rings. The SMILES string of the molecule is CCOCCC(=O)C(CC(=O)O)(C[N+](C)(C)C)O[Cl+3]([O-])([O-])[O-]. The molecule has 0 spiro atoms. The minimum Gasteiger partial charge on any atom is -0.481 e. The molecule has 0 bridgehead atoms. The molecule has 0 aromatic carbocycles. The number of rotatable bonds is 11. The lowest BCUT2D eigenvalue weighted by Gasteiger charge is -2.33. The van der Waals surface area contributed by atoms with Crippen LogP contribution in [0.1, 0.15) is 19.8 Å². The molecule has 0 aromatic heterocycles. The molecule has 0 fully saturated rings. The average Bonchev–Trinajstić information content (AvgIpc) is 2.22. The van der Waals surface area contributed by atoms with Crippen LogP contribution in [-0.4, -0.2) is 67.8 Å². The Labute approximate surface area is 131 Å². The van der Waals surface area contributed by atoms with E-state index in [1.807, 2.05) is 0 Å². The van der Waals surface area contributed by atoms with Crippen LogP contribution in [0.3, 0.4) is 0 Å². The number of hydrogen-bond donors (Lipinski definition) is 1. The lowest BCUT2D eigenvalue weighted by atomic mass is 9.91. The van der Waals surface area contributed by atoms with Crippen molar-refractivity contribution < 1.29 is 52.4 Å². The quantitative estimate of drug-likeness (QED) is 0.305. The number of likely N-dealkylation sites (N-methyl/N-ethyl adjacent to an activating group) is 1. The number of carboxylic acid groups (broad SMARTS) is 1. The highest BCUT2D eigenvalue weighted by Gasteiger charge is 2.57. The third kappa shape index (κ3) is 8.59. The van der Waals surface area contributed by atoms with Gasteiger partial charge in [-0.3, -0.25) is 9.59 Å². The highest BCUT2D eigenvalue weighted by molar-refractivity contribution is 5.91. The van der Waals surface area contributed by atoms with Gasteiger partial charge in [0.25, 0.3) is 0 Å². The van der Waals surface area contributed by atoms with Gasteiger partial charge in [-0.15, -0.1) is 0 Å². The molecule has 0 saturated heterocycles. The maximum atomic E-state index is 12.3. The molecule has 22 heavy (non-hydrogen) atoms. The predicted molar refractivity (Wildman–Crippen MR) is 65.1 cm³/mol. The zero-order valence-electron chi connectivity index (χ0n) is 13.2. The van der Waals surface area contributed by atoms with Crippen molar-refractivity contribution in [1.82, 2.24) is 0 Å². The van der Waals surface area contributed by atoms with Crippen molar-refractivity contribution in [2.75, 3.05) is 40.9 Å². The number of hydrogen-bond acceptors (Lipinski definition) is 7. The fraction of sp³-hybridized carbons (Fsp3) is 0.833. The summed E-state index contributed by atoms with van der Waals surface area (Å²) in [5.41, 5.74) is -2.26. The minimum atomic E-state index is -4.96. The van der Waals surface area contributed by atoms with Gasteiger partial charge in [0, 0.05) is 13.0 Å². The van der Waals surface area contributed by atoms with E-state index in [1.54, 1.807) is 28.1 Å². The topological polar surface area (TPSA) is 142 Å². The third-order valence-electron chi connectivity index (χ3n) is 2.59. The number of quaternary nitrogens is 1. The van der Waals surface area contributed by atoms with E-state index in [1.165, 1.54) is 0 Å². The molecule has 0 heterocycles. The van der Waals surface area contributed by atoms with Crippen LogP contribution in [0.4, 0.5) is 0 Å². The van der Waals surface area contributed by atoms with Gasteiger partial charge in [-0.1, -0.05) is 0 Å². The minimum absolute atomic E-state index is 0.0208. The van der Waals surface area contributed by atoms with Crippen LogP contribution in [0.25, 0.3) is 0 Å². The zero-order valence-corrected chi connectivity index (χ0v) is 13.9. The highest BCUT2D eigenvalue weighted by atomic mass is 35.7. The summed E-state index contributed by atoms with van der Waals surface area (Å²) in [6.45, 7) is 1.73. The van der Waals surface area contributed by atoms with E-state index in [4.69, 9.17) is 9.84 Å². The largest absolute Gasteiger partial charge is 0.481 e. The van der Waals surface area contributed by atoms with Crippen LogP contribution in [0.2, 0.25) is 0 Å². The van der Waals surface area contributed by atoms with Gasteiger partial charge in [0.15, 0.2) is 5.78 Å². The third-order valence-corrected chi connectivity index (χ3v) is 3.08. The molecule has 9 nitrogen and oxygen atoms in total. The van der Waals surface area contributed by atoms with E-state index in [0.29, 0.717) is 6.61 Å². The second kappa shape index (κ2) is 8.16. The molecular weight excluding hydrogens is 322 g/mol. The summed E-state index contributed by atoms with van der Waals surface area (Å²) in [5, 5.41) is 8.99. The van der Waals surface area contributed by atoms with Crippen LogP contribution in [-0.2, 0) is 18.6 Å². The van der Waals surface area contributed by atoms with Gasteiger partial charge < -0.3 is 14.3 Å². The van der Waals surface area contributed by atoms with Gasteiger partial charge >= 0.3 is 11.6 Å². The monoisotopic (exact) mass is 344 g/mol. The van der Waals surface area contributed by atoms with Gasteiger partial charge in [0.1, 0.15) is 13.0 Å². The number of halogens is 1. The lowest BCUT2D eigenvalue weighted by molar-refractivity contribution is -1.92. The van der Waals surface area contributed by atoms with Crippen LogP contribution in [0.5, 0.6) is 0 Å². The first-order chi connectivity index (χ1) is 9.81. The Kier molecular flexibility index (Phi) is 7.86. The molecule has 0 aliphatic rings. The fourth-order valence-corrected chi connectivity index (χ4v) is 2.62. The normalized spacial score (nSPS) is 15.4. The summed E-state index contributed by atoms with van der Waals surface area (Å²) in [4.78, 5) is 23.4. The summed E-state index contributed by atoms with van der Waals surface area (Å²) in [6.07, 6.45) is -1.19. The Morgan fingerprint density at radius 1 is 1.23 bits per heavy atom. The van der Waals surface area contributed by atoms with E-state index in [9.17, 15) is 23.6 Å². The summed E-state index contributed by atoms with van der Waals surface area (Å²) >= 11 is 0. The Balaban J connectivity index is 5.52. The maximum absolute atomic E-state index is 12.3. The number of aliphatic carboxylic acids is 1. The van der Waals surface area contributed by atoms with Crippen LogP contribution in [0, 0.1) is 10.2 Å². The van der Waals surface area contributed by atoms with Gasteiger partial charge in [0.2, 0.25) is 0 Å². The Morgan fingerprint density at radius 2 is 1.77 bits per heavy atom. The molecule has 10 heteroatoms. The van der Waals surface area contributed by atoms with E-state index in [0.717, 1.165) is 0 Å². The molecule has 1 N–H and O–H groups in total. The molecule has 0 aliphatic carbocycles. The molecular formula is C12H23ClNO8+. The van der Waals surface area contributed by atoms with Crippen molar-refractivity contribution in [3.8, 4) is 0 Å². The van der Waals surface area contributed by atoms with Crippen molar-refractivity contribution >= 4 is 11.8 Å². The molecule has 130 valence electrons. The number of ketones is 1. The second-order valence-corrected chi connectivity index (χ2v) is 6.75. The number of carbonyl (C=O) groups excluding carboxylic acids is 1. The number of carboxylic acids is 1. The number of Topliss-reactive ketones (excluding diaryl/α,β-unsaturated/α-hetero) is 1. The van der Waals surface area contributed by atoms with Crippen molar-refractivity contribution in [3.05, 3.63) is 0 Å². The van der Waals surface area contributed by atoms with Gasteiger partial charge in [-0.2, -0.15) is 14.0 Å². The fourth-order valence-electron chi connectivity index (χ4n) is 2.07. The molecule has 1 unspecified atom stereocenters. The summed E-state index contributed by atoms with van der Waals surface area (Å²) < 4.78 is 42.3. The lowest BCUT2D eigenvalue weighted by Crippen LogP contribution is -2.69. The van der Waals surface area contributed by atoms with Crippen molar-refractivity contribution in [2.24, 2.45) is 0 Å². The summed E-state index contributed by atoms with van der Waals surface area (Å²) in [6, 6.07) is 0.